The number of para-hydroxylation sites is 1. The average molecular weight is 555 g/mol. The van der Waals surface area contributed by atoms with Crippen molar-refractivity contribution in [3.8, 4) is 0 Å². The Labute approximate surface area is 238 Å². The van der Waals surface area contributed by atoms with Gasteiger partial charge in [0.2, 0.25) is 5.91 Å². The molecule has 41 heavy (non-hydrogen) atoms. The van der Waals surface area contributed by atoms with Crippen LogP contribution < -0.4 is 16.0 Å². The highest BCUT2D eigenvalue weighted by atomic mass is 16.6. The normalized spacial score (nSPS) is 18.5. The zero-order valence-corrected chi connectivity index (χ0v) is 23.0. The number of benzene rings is 2. The van der Waals surface area contributed by atoms with E-state index in [1.54, 1.807) is 13.1 Å². The number of hydrogen-bond acceptors (Lipinski definition) is 6. The Morgan fingerprint density at radius 1 is 1.02 bits per heavy atom. The van der Waals surface area contributed by atoms with E-state index in [2.05, 4.69) is 25.9 Å². The number of rotatable bonds is 9. The van der Waals surface area contributed by atoms with Crippen LogP contribution in [0.4, 0.5) is 21.9 Å². The number of pyridine rings is 1. The van der Waals surface area contributed by atoms with Crippen molar-refractivity contribution < 1.29 is 14.5 Å². The SMILES string of the molecule is CC(CC1C=Nc2ccccc21)(NC(=O)Nc1ccc([N+](=O)[O-])cc1)C(=O)NC(c1ccccn1)C1CCCCC1. The van der Waals surface area contributed by atoms with Crippen LogP contribution >= 0.6 is 0 Å². The quantitative estimate of drug-likeness (QED) is 0.214. The smallest absolute Gasteiger partial charge is 0.320 e. The Kier molecular flexibility index (Phi) is 8.37. The summed E-state index contributed by atoms with van der Waals surface area (Å²) in [5.74, 6) is -0.241. The van der Waals surface area contributed by atoms with E-state index in [1.807, 2.05) is 48.7 Å². The number of nitro benzene ring substituents is 1. The minimum absolute atomic E-state index is 0.0809. The zero-order valence-electron chi connectivity index (χ0n) is 23.0. The first-order valence-corrected chi connectivity index (χ1v) is 14.0. The minimum Gasteiger partial charge on any atom is -0.345 e. The van der Waals surface area contributed by atoms with E-state index < -0.39 is 16.5 Å². The Morgan fingerprint density at radius 3 is 2.46 bits per heavy atom. The second-order valence-corrected chi connectivity index (χ2v) is 11.0. The lowest BCUT2D eigenvalue weighted by Gasteiger charge is -2.36. The van der Waals surface area contributed by atoms with Gasteiger partial charge in [0.1, 0.15) is 5.54 Å². The summed E-state index contributed by atoms with van der Waals surface area (Å²) in [6.45, 7) is 1.73. The van der Waals surface area contributed by atoms with Crippen LogP contribution in [0.2, 0.25) is 0 Å². The van der Waals surface area contributed by atoms with Crippen molar-refractivity contribution in [2.24, 2.45) is 10.9 Å². The van der Waals surface area contributed by atoms with Crippen LogP contribution in [0.5, 0.6) is 0 Å². The summed E-state index contributed by atoms with van der Waals surface area (Å²) >= 11 is 0. The average Bonchev–Trinajstić information content (AvgIpc) is 3.39. The number of aromatic nitrogens is 1. The zero-order chi connectivity index (χ0) is 28.8. The van der Waals surface area contributed by atoms with Gasteiger partial charge in [-0.15, -0.1) is 0 Å². The van der Waals surface area contributed by atoms with Crippen molar-refractivity contribution >= 4 is 35.2 Å². The van der Waals surface area contributed by atoms with Crippen molar-refractivity contribution in [3.05, 3.63) is 94.3 Å². The van der Waals surface area contributed by atoms with Crippen molar-refractivity contribution in [1.29, 1.82) is 0 Å². The Hall–Kier alpha value is -4.60. The number of fused-ring (bicyclic) bond motifs is 1. The molecule has 10 heteroatoms. The summed E-state index contributed by atoms with van der Waals surface area (Å²) < 4.78 is 0. The van der Waals surface area contributed by atoms with Crippen LogP contribution in [0.1, 0.15) is 68.7 Å². The van der Waals surface area contributed by atoms with Crippen LogP contribution in [-0.4, -0.2) is 33.6 Å². The molecule has 1 aliphatic carbocycles. The number of urea groups is 1. The van der Waals surface area contributed by atoms with Crippen LogP contribution in [-0.2, 0) is 4.79 Å². The number of carbonyl (C=O) groups is 2. The van der Waals surface area contributed by atoms with Gasteiger partial charge in [0, 0.05) is 36.1 Å². The van der Waals surface area contributed by atoms with E-state index in [0.29, 0.717) is 5.69 Å². The number of carbonyl (C=O) groups excluding carboxylic acids is 2. The molecule has 212 valence electrons. The fourth-order valence-corrected chi connectivity index (χ4v) is 5.81. The maximum Gasteiger partial charge on any atom is 0.320 e. The molecule has 3 N–H and O–H groups in total. The fourth-order valence-electron chi connectivity index (χ4n) is 5.81. The molecule has 3 unspecified atom stereocenters. The summed E-state index contributed by atoms with van der Waals surface area (Å²) in [6, 6.07) is 18.1. The van der Waals surface area contributed by atoms with Gasteiger partial charge >= 0.3 is 6.03 Å². The molecule has 0 radical (unpaired) electrons. The topological polar surface area (TPSA) is 139 Å². The predicted octanol–water partition coefficient (Wildman–Crippen LogP) is 6.20. The first-order chi connectivity index (χ1) is 19.8. The summed E-state index contributed by atoms with van der Waals surface area (Å²) in [6.07, 6.45) is 9.22. The highest BCUT2D eigenvalue weighted by Gasteiger charge is 2.41. The number of nitro groups is 1. The maximum absolute atomic E-state index is 14.2. The Bertz CT molecular complexity index is 1420. The van der Waals surface area contributed by atoms with Crippen LogP contribution in [0.25, 0.3) is 0 Å². The van der Waals surface area contributed by atoms with Crippen molar-refractivity contribution in [1.82, 2.24) is 15.6 Å². The van der Waals surface area contributed by atoms with Gasteiger partial charge in [-0.25, -0.2) is 4.79 Å². The van der Waals surface area contributed by atoms with Gasteiger partial charge in [0.25, 0.3) is 5.69 Å². The molecule has 3 amide bonds. The van der Waals surface area contributed by atoms with Gasteiger partial charge in [-0.1, -0.05) is 43.5 Å². The van der Waals surface area contributed by atoms with Gasteiger partial charge < -0.3 is 16.0 Å². The van der Waals surface area contributed by atoms with Crippen LogP contribution in [0.3, 0.4) is 0 Å². The van der Waals surface area contributed by atoms with Crippen LogP contribution in [0.15, 0.2) is 77.9 Å². The summed E-state index contributed by atoms with van der Waals surface area (Å²) in [4.78, 5) is 47.0. The third-order valence-electron chi connectivity index (χ3n) is 8.00. The first kappa shape index (κ1) is 27.9. The monoisotopic (exact) mass is 554 g/mol. The number of nitrogens with one attached hydrogen (secondary N) is 3. The van der Waals surface area contributed by atoms with Gasteiger partial charge in [-0.3, -0.25) is 24.9 Å². The van der Waals surface area contributed by atoms with Gasteiger partial charge in [0.05, 0.1) is 22.3 Å². The molecule has 1 aliphatic heterocycles. The molecule has 0 saturated heterocycles. The lowest BCUT2D eigenvalue weighted by Crippen LogP contribution is -2.59. The highest BCUT2D eigenvalue weighted by molar-refractivity contribution is 5.96. The van der Waals surface area contributed by atoms with Crippen molar-refractivity contribution in [2.75, 3.05) is 5.32 Å². The Morgan fingerprint density at radius 2 is 1.76 bits per heavy atom. The van der Waals surface area contributed by atoms with Gasteiger partial charge in [-0.05, 0) is 68.0 Å². The number of aliphatic imine (C=N–C) groups is 1. The molecular formula is C31H34N6O4. The Balaban J connectivity index is 1.40. The standard InChI is InChI=1S/C31H34N6O4/c1-31(19-22-20-33-26-12-6-5-11-25(22)26,36-30(39)34-23-14-16-24(17-15-23)37(40)41)29(38)35-28(21-9-3-2-4-10-21)27-13-7-8-18-32-27/h5-8,11-18,20-22,28H,2-4,9-10,19H2,1H3,(H,35,38)(H2,34,36,39). The molecule has 1 fully saturated rings. The van der Waals surface area contributed by atoms with Gasteiger partial charge in [-0.2, -0.15) is 0 Å². The van der Waals surface area contributed by atoms with E-state index >= 15 is 0 Å². The molecule has 1 saturated carbocycles. The molecular weight excluding hydrogens is 520 g/mol. The summed E-state index contributed by atoms with van der Waals surface area (Å²) in [7, 11) is 0. The molecule has 1 aromatic heterocycles. The molecule has 10 nitrogen and oxygen atoms in total. The second-order valence-electron chi connectivity index (χ2n) is 11.0. The number of non-ortho nitro benzene ring substituents is 1. The number of amides is 3. The van der Waals surface area contributed by atoms with Gasteiger partial charge in [0.15, 0.2) is 0 Å². The molecule has 2 aliphatic rings. The molecule has 3 atom stereocenters. The van der Waals surface area contributed by atoms with E-state index in [9.17, 15) is 19.7 Å². The summed E-state index contributed by atoms with van der Waals surface area (Å²) in [5.41, 5.74) is 1.63. The third-order valence-corrected chi connectivity index (χ3v) is 8.00. The van der Waals surface area contributed by atoms with E-state index in [0.717, 1.165) is 42.6 Å². The number of hydrogen-bond donors (Lipinski definition) is 3. The largest absolute Gasteiger partial charge is 0.345 e. The first-order valence-electron chi connectivity index (χ1n) is 14.0. The maximum atomic E-state index is 14.2. The van der Waals surface area contributed by atoms with Crippen LogP contribution in [0, 0.1) is 16.0 Å². The van der Waals surface area contributed by atoms with Crippen molar-refractivity contribution in [3.63, 3.8) is 0 Å². The fraction of sp³-hybridized carbons (Fsp3) is 0.355. The lowest BCUT2D eigenvalue weighted by molar-refractivity contribution is -0.384. The molecule has 5 rings (SSSR count). The molecule has 0 bridgehead atoms. The second kappa shape index (κ2) is 12.3. The molecule has 2 heterocycles. The lowest BCUT2D eigenvalue weighted by atomic mass is 9.81. The molecule has 3 aromatic rings. The summed E-state index contributed by atoms with van der Waals surface area (Å²) in [5, 5.41) is 19.9. The number of nitrogens with zero attached hydrogens (tertiary/aromatic N) is 3. The highest BCUT2D eigenvalue weighted by Crippen LogP contribution is 2.38. The predicted molar refractivity (Wildman–Crippen MR) is 157 cm³/mol. The van der Waals surface area contributed by atoms with E-state index in [4.69, 9.17) is 0 Å². The van der Waals surface area contributed by atoms with E-state index in [-0.39, 0.29) is 35.9 Å². The third kappa shape index (κ3) is 6.59. The molecule has 0 spiro atoms. The van der Waals surface area contributed by atoms with E-state index in [1.165, 1.54) is 30.7 Å². The minimum atomic E-state index is -1.32. The van der Waals surface area contributed by atoms with Crippen molar-refractivity contribution in [2.45, 2.75) is 62.9 Å². The molecule has 2 aromatic carbocycles. The number of anilines is 1.